The highest BCUT2D eigenvalue weighted by molar-refractivity contribution is 6.30. The summed E-state index contributed by atoms with van der Waals surface area (Å²) in [5.41, 5.74) is 2.69. The molecule has 0 spiro atoms. The van der Waals surface area contributed by atoms with E-state index in [1.54, 1.807) is 16.8 Å². The van der Waals surface area contributed by atoms with Gasteiger partial charge in [-0.1, -0.05) is 30.6 Å². The van der Waals surface area contributed by atoms with Gasteiger partial charge in [0.2, 0.25) is 17.6 Å². The number of amides is 1. The molecule has 1 amide bonds. The van der Waals surface area contributed by atoms with Crippen LogP contribution in [-0.4, -0.2) is 25.8 Å². The third-order valence-electron chi connectivity index (χ3n) is 4.50. The molecule has 0 fully saturated rings. The Bertz CT molecular complexity index is 974. The van der Waals surface area contributed by atoms with Crippen LogP contribution in [-0.2, 0) is 11.8 Å². The van der Waals surface area contributed by atoms with Crippen molar-refractivity contribution in [1.82, 2.24) is 19.9 Å². The zero-order valence-corrected chi connectivity index (χ0v) is 15.4. The second kappa shape index (κ2) is 6.25. The minimum Gasteiger partial charge on any atom is -0.338 e. The number of benzene rings is 1. The maximum absolute atomic E-state index is 12.2. The number of fused-ring (bicyclic) bond motifs is 1. The lowest BCUT2D eigenvalue weighted by Crippen LogP contribution is -2.25. The molecule has 4 rings (SSSR count). The normalized spacial score (nSPS) is 16.7. The molecular formula is C18H18ClN5O2. The molecule has 0 radical (unpaired) electrons. The molecule has 1 aliphatic heterocycles. The van der Waals surface area contributed by atoms with Gasteiger partial charge < -0.3 is 9.84 Å². The van der Waals surface area contributed by atoms with Crippen molar-refractivity contribution in [3.63, 3.8) is 0 Å². The maximum Gasteiger partial charge on any atom is 0.235 e. The molecule has 8 heteroatoms. The second-order valence-corrected chi connectivity index (χ2v) is 7.13. The van der Waals surface area contributed by atoms with E-state index < -0.39 is 0 Å². The average molecular weight is 372 g/mol. The molecule has 26 heavy (non-hydrogen) atoms. The van der Waals surface area contributed by atoms with Gasteiger partial charge in [-0.3, -0.25) is 9.48 Å². The average Bonchev–Trinajstić information content (AvgIpc) is 3.21. The quantitative estimate of drug-likeness (QED) is 0.758. The van der Waals surface area contributed by atoms with Gasteiger partial charge in [0.15, 0.2) is 0 Å². The van der Waals surface area contributed by atoms with E-state index >= 15 is 0 Å². The molecule has 0 saturated carbocycles. The van der Waals surface area contributed by atoms with Gasteiger partial charge in [-0.25, -0.2) is 0 Å². The minimum atomic E-state index is -0.307. The molecule has 1 aromatic carbocycles. The van der Waals surface area contributed by atoms with Gasteiger partial charge >= 0.3 is 0 Å². The van der Waals surface area contributed by atoms with E-state index in [4.69, 9.17) is 16.1 Å². The number of anilines is 1. The zero-order valence-electron chi connectivity index (χ0n) is 14.7. The summed E-state index contributed by atoms with van der Waals surface area (Å²) in [4.78, 5) is 16.7. The summed E-state index contributed by atoms with van der Waals surface area (Å²) >= 11 is 5.93. The molecule has 0 bridgehead atoms. The van der Waals surface area contributed by atoms with E-state index in [0.29, 0.717) is 22.6 Å². The maximum atomic E-state index is 12.2. The summed E-state index contributed by atoms with van der Waals surface area (Å²) < 4.78 is 7.23. The molecule has 0 saturated heterocycles. The van der Waals surface area contributed by atoms with Crippen LogP contribution in [0.4, 0.5) is 5.82 Å². The summed E-state index contributed by atoms with van der Waals surface area (Å²) in [6.45, 7) is 4.14. The summed E-state index contributed by atoms with van der Waals surface area (Å²) in [6.07, 6.45) is 0.251. The topological polar surface area (TPSA) is 85.8 Å². The molecule has 1 atom stereocenters. The lowest BCUT2D eigenvalue weighted by atomic mass is 9.89. The van der Waals surface area contributed by atoms with Crippen molar-refractivity contribution >= 4 is 23.3 Å². The SMILES string of the molecule is CC(C)c1nn(C)c2c1[C@H](c1nc(-c3ccc(Cl)cc3)no1)CC(=O)N2. The number of hydrogen-bond donors (Lipinski definition) is 1. The third-order valence-corrected chi connectivity index (χ3v) is 4.75. The molecule has 1 aliphatic rings. The molecule has 134 valence electrons. The van der Waals surface area contributed by atoms with Gasteiger partial charge in [0.1, 0.15) is 5.82 Å². The Morgan fingerprint density at radius 1 is 1.31 bits per heavy atom. The molecule has 7 nitrogen and oxygen atoms in total. The largest absolute Gasteiger partial charge is 0.338 e. The summed E-state index contributed by atoms with van der Waals surface area (Å²) in [7, 11) is 1.82. The lowest BCUT2D eigenvalue weighted by molar-refractivity contribution is -0.116. The number of carbonyl (C=O) groups excluding carboxylic acids is 1. The van der Waals surface area contributed by atoms with Gasteiger partial charge in [-0.05, 0) is 30.2 Å². The molecule has 3 aromatic rings. The lowest BCUT2D eigenvalue weighted by Gasteiger charge is -2.21. The van der Waals surface area contributed by atoms with Crippen LogP contribution in [0.3, 0.4) is 0 Å². The van der Waals surface area contributed by atoms with Gasteiger partial charge in [-0.2, -0.15) is 10.1 Å². The molecular weight excluding hydrogens is 354 g/mol. The van der Waals surface area contributed by atoms with E-state index in [9.17, 15) is 4.79 Å². The van der Waals surface area contributed by atoms with Gasteiger partial charge in [0.25, 0.3) is 0 Å². The van der Waals surface area contributed by atoms with E-state index in [1.807, 2.05) is 19.2 Å². The molecule has 0 unspecified atom stereocenters. The van der Waals surface area contributed by atoms with Crippen molar-refractivity contribution in [2.45, 2.75) is 32.1 Å². The standard InChI is InChI=1S/C18H18ClN5O2/c1-9(2)15-14-12(8-13(25)20-17(14)24(3)22-15)18-21-16(23-26-18)10-4-6-11(19)7-5-10/h4-7,9,12H,8H2,1-3H3,(H,20,25)/t12-/m1/s1. The van der Waals surface area contributed by atoms with Crippen LogP contribution in [0.15, 0.2) is 28.8 Å². The fourth-order valence-corrected chi connectivity index (χ4v) is 3.38. The van der Waals surface area contributed by atoms with Crippen LogP contribution in [0, 0.1) is 0 Å². The van der Waals surface area contributed by atoms with E-state index in [-0.39, 0.29) is 24.2 Å². The number of aromatic nitrogens is 4. The van der Waals surface area contributed by atoms with E-state index in [0.717, 1.165) is 16.8 Å². The van der Waals surface area contributed by atoms with Crippen molar-refractivity contribution < 1.29 is 9.32 Å². The van der Waals surface area contributed by atoms with Crippen LogP contribution in [0.5, 0.6) is 0 Å². The van der Waals surface area contributed by atoms with Crippen molar-refractivity contribution in [1.29, 1.82) is 0 Å². The first kappa shape index (κ1) is 16.8. The number of aryl methyl sites for hydroxylation is 1. The molecule has 2 aromatic heterocycles. The van der Waals surface area contributed by atoms with Crippen LogP contribution in [0.2, 0.25) is 5.02 Å². The number of nitrogens with zero attached hydrogens (tertiary/aromatic N) is 4. The van der Waals surface area contributed by atoms with Crippen molar-refractivity contribution in [2.75, 3.05) is 5.32 Å². The fraction of sp³-hybridized carbons (Fsp3) is 0.333. The van der Waals surface area contributed by atoms with Crippen LogP contribution < -0.4 is 5.32 Å². The highest BCUT2D eigenvalue weighted by Gasteiger charge is 2.36. The summed E-state index contributed by atoms with van der Waals surface area (Å²) in [5, 5.41) is 12.2. The van der Waals surface area contributed by atoms with Crippen LogP contribution in [0.1, 0.15) is 49.3 Å². The number of carbonyl (C=O) groups is 1. The zero-order chi connectivity index (χ0) is 18.4. The predicted octanol–water partition coefficient (Wildman–Crippen LogP) is 3.72. The summed E-state index contributed by atoms with van der Waals surface area (Å²) in [5.74, 6) is 1.40. The summed E-state index contributed by atoms with van der Waals surface area (Å²) in [6, 6.07) is 7.22. The Balaban J connectivity index is 1.78. The Hall–Kier alpha value is -2.67. The Labute approximate surface area is 155 Å². The van der Waals surface area contributed by atoms with Gasteiger partial charge in [-0.15, -0.1) is 0 Å². The number of nitrogens with one attached hydrogen (secondary N) is 1. The Kier molecular flexibility index (Phi) is 4.03. The van der Waals surface area contributed by atoms with Gasteiger partial charge in [0.05, 0.1) is 11.6 Å². The smallest absolute Gasteiger partial charge is 0.235 e. The van der Waals surface area contributed by atoms with Crippen LogP contribution >= 0.6 is 11.6 Å². The first-order valence-electron chi connectivity index (χ1n) is 8.40. The van der Waals surface area contributed by atoms with Crippen molar-refractivity contribution in [3.8, 4) is 11.4 Å². The highest BCUT2D eigenvalue weighted by Crippen LogP contribution is 2.41. The molecule has 1 N–H and O–H groups in total. The van der Waals surface area contributed by atoms with Gasteiger partial charge in [0, 0.05) is 29.6 Å². The monoisotopic (exact) mass is 371 g/mol. The Morgan fingerprint density at radius 3 is 2.73 bits per heavy atom. The van der Waals surface area contributed by atoms with E-state index in [2.05, 4.69) is 34.4 Å². The van der Waals surface area contributed by atoms with E-state index in [1.165, 1.54) is 0 Å². The Morgan fingerprint density at radius 2 is 2.04 bits per heavy atom. The van der Waals surface area contributed by atoms with Crippen molar-refractivity contribution in [2.24, 2.45) is 7.05 Å². The predicted molar refractivity (Wildman–Crippen MR) is 97.1 cm³/mol. The minimum absolute atomic E-state index is 0.0907. The van der Waals surface area contributed by atoms with Crippen LogP contribution in [0.25, 0.3) is 11.4 Å². The third kappa shape index (κ3) is 2.78. The number of halogens is 1. The van der Waals surface area contributed by atoms with Crippen molar-refractivity contribution in [3.05, 3.63) is 46.4 Å². The number of hydrogen-bond acceptors (Lipinski definition) is 5. The molecule has 0 aliphatic carbocycles. The highest BCUT2D eigenvalue weighted by atomic mass is 35.5. The fourth-order valence-electron chi connectivity index (χ4n) is 3.25. The first-order valence-corrected chi connectivity index (χ1v) is 8.78. The number of rotatable bonds is 3. The second-order valence-electron chi connectivity index (χ2n) is 6.69. The molecule has 3 heterocycles. The first-order chi connectivity index (χ1) is 12.4.